The molecule has 0 aliphatic carbocycles. The molecule has 90 valence electrons. The largest absolute Gasteiger partial charge is 0.327 e. The van der Waals surface area contributed by atoms with Crippen LogP contribution in [-0.4, -0.2) is 11.8 Å². The molecule has 2 heteroatoms. The van der Waals surface area contributed by atoms with Gasteiger partial charge in [-0.25, -0.2) is 0 Å². The molecule has 15 heavy (non-hydrogen) atoms. The Morgan fingerprint density at radius 2 is 1.67 bits per heavy atom. The number of carbonyl (C=O) groups excluding carboxylic acids is 1. The van der Waals surface area contributed by atoms with E-state index in [9.17, 15) is 4.79 Å². The summed E-state index contributed by atoms with van der Waals surface area (Å²) >= 11 is 0. The standard InChI is InChI=1S/C13H27NO/c1-3-5-6-7-8-9-10-13(15)11-12(14)4-2/h12H,3-11,14H2,1-2H3. The van der Waals surface area contributed by atoms with Crippen molar-refractivity contribution in [1.29, 1.82) is 0 Å². The number of hydrogen-bond acceptors (Lipinski definition) is 2. The number of hydrogen-bond donors (Lipinski definition) is 1. The van der Waals surface area contributed by atoms with Gasteiger partial charge in [0.05, 0.1) is 0 Å². The average molecular weight is 213 g/mol. The highest BCUT2D eigenvalue weighted by atomic mass is 16.1. The van der Waals surface area contributed by atoms with Gasteiger partial charge >= 0.3 is 0 Å². The third-order valence-electron chi connectivity index (χ3n) is 2.82. The zero-order valence-corrected chi connectivity index (χ0v) is 10.4. The van der Waals surface area contributed by atoms with Gasteiger partial charge in [-0.2, -0.15) is 0 Å². The van der Waals surface area contributed by atoms with E-state index in [2.05, 4.69) is 6.92 Å². The van der Waals surface area contributed by atoms with E-state index >= 15 is 0 Å². The van der Waals surface area contributed by atoms with Crippen molar-refractivity contribution >= 4 is 5.78 Å². The first-order valence-corrected chi connectivity index (χ1v) is 6.48. The van der Waals surface area contributed by atoms with Crippen LogP contribution in [0, 0.1) is 0 Å². The van der Waals surface area contributed by atoms with Crippen molar-refractivity contribution in [2.45, 2.75) is 77.7 Å². The van der Waals surface area contributed by atoms with Crippen LogP contribution in [0.3, 0.4) is 0 Å². The molecule has 1 atom stereocenters. The van der Waals surface area contributed by atoms with Crippen LogP contribution in [0.15, 0.2) is 0 Å². The van der Waals surface area contributed by atoms with Crippen molar-refractivity contribution in [3.63, 3.8) is 0 Å². The number of carbonyl (C=O) groups is 1. The molecule has 0 aromatic heterocycles. The molecule has 0 rings (SSSR count). The van der Waals surface area contributed by atoms with E-state index in [0.717, 1.165) is 19.3 Å². The van der Waals surface area contributed by atoms with Gasteiger partial charge in [0.25, 0.3) is 0 Å². The lowest BCUT2D eigenvalue weighted by Crippen LogP contribution is -2.22. The van der Waals surface area contributed by atoms with E-state index < -0.39 is 0 Å². The van der Waals surface area contributed by atoms with E-state index in [1.165, 1.54) is 32.1 Å². The number of ketones is 1. The Labute approximate surface area is 94.6 Å². The first-order chi connectivity index (χ1) is 7.20. The Bertz CT molecular complexity index is 157. The Kier molecular flexibility index (Phi) is 9.91. The molecular formula is C13H27NO. The highest BCUT2D eigenvalue weighted by Crippen LogP contribution is 2.08. The lowest BCUT2D eigenvalue weighted by Gasteiger charge is -2.07. The molecule has 0 spiro atoms. The summed E-state index contributed by atoms with van der Waals surface area (Å²) in [6.45, 7) is 4.25. The second kappa shape index (κ2) is 10.2. The predicted molar refractivity (Wildman–Crippen MR) is 65.9 cm³/mol. The average Bonchev–Trinajstić information content (AvgIpc) is 2.23. The minimum atomic E-state index is 0.0811. The van der Waals surface area contributed by atoms with E-state index in [1.807, 2.05) is 6.92 Å². The summed E-state index contributed by atoms with van der Waals surface area (Å²) in [6.07, 6.45) is 9.68. The summed E-state index contributed by atoms with van der Waals surface area (Å²) in [4.78, 5) is 11.4. The molecule has 0 fully saturated rings. The van der Waals surface area contributed by atoms with E-state index in [-0.39, 0.29) is 6.04 Å². The van der Waals surface area contributed by atoms with Crippen molar-refractivity contribution in [2.24, 2.45) is 5.73 Å². The molecule has 0 aromatic carbocycles. The molecule has 0 bridgehead atoms. The van der Waals surface area contributed by atoms with Crippen LogP contribution in [0.5, 0.6) is 0 Å². The first kappa shape index (κ1) is 14.6. The summed E-state index contributed by atoms with van der Waals surface area (Å²) in [6, 6.07) is 0.0811. The van der Waals surface area contributed by atoms with Crippen LogP contribution >= 0.6 is 0 Å². The Morgan fingerprint density at radius 1 is 1.07 bits per heavy atom. The predicted octanol–water partition coefficient (Wildman–Crippen LogP) is 3.43. The van der Waals surface area contributed by atoms with Crippen LogP contribution in [-0.2, 0) is 4.79 Å². The fraction of sp³-hybridized carbons (Fsp3) is 0.923. The number of Topliss-reactive ketones (excluding diaryl/α,β-unsaturated/α-hetero) is 1. The normalized spacial score (nSPS) is 12.7. The molecule has 0 radical (unpaired) electrons. The zero-order chi connectivity index (χ0) is 11.5. The number of unbranched alkanes of at least 4 members (excludes halogenated alkanes) is 5. The van der Waals surface area contributed by atoms with Crippen LogP contribution in [0.1, 0.15) is 71.6 Å². The zero-order valence-electron chi connectivity index (χ0n) is 10.4. The topological polar surface area (TPSA) is 43.1 Å². The monoisotopic (exact) mass is 213 g/mol. The van der Waals surface area contributed by atoms with Gasteiger partial charge < -0.3 is 5.73 Å². The van der Waals surface area contributed by atoms with Gasteiger partial charge in [-0.1, -0.05) is 46.0 Å². The summed E-state index contributed by atoms with van der Waals surface area (Å²) < 4.78 is 0. The lowest BCUT2D eigenvalue weighted by molar-refractivity contribution is -0.119. The van der Waals surface area contributed by atoms with Crippen molar-refractivity contribution in [2.75, 3.05) is 0 Å². The van der Waals surface area contributed by atoms with Gasteiger partial charge in [-0.3, -0.25) is 4.79 Å². The summed E-state index contributed by atoms with van der Waals surface area (Å²) in [5.41, 5.74) is 5.72. The quantitative estimate of drug-likeness (QED) is 0.565. The maximum absolute atomic E-state index is 11.4. The fourth-order valence-corrected chi connectivity index (χ4v) is 1.64. The van der Waals surface area contributed by atoms with Crippen LogP contribution in [0.2, 0.25) is 0 Å². The van der Waals surface area contributed by atoms with Gasteiger partial charge in [0.2, 0.25) is 0 Å². The molecule has 2 nitrogen and oxygen atoms in total. The van der Waals surface area contributed by atoms with Crippen LogP contribution in [0.25, 0.3) is 0 Å². The summed E-state index contributed by atoms with van der Waals surface area (Å²) in [5, 5.41) is 0. The highest BCUT2D eigenvalue weighted by Gasteiger charge is 2.06. The van der Waals surface area contributed by atoms with Gasteiger partial charge in [0.15, 0.2) is 0 Å². The Morgan fingerprint density at radius 3 is 2.27 bits per heavy atom. The minimum absolute atomic E-state index is 0.0811. The smallest absolute Gasteiger partial charge is 0.134 e. The summed E-state index contributed by atoms with van der Waals surface area (Å²) in [7, 11) is 0. The molecule has 0 saturated heterocycles. The van der Waals surface area contributed by atoms with Crippen molar-refractivity contribution in [1.82, 2.24) is 0 Å². The molecule has 0 saturated carbocycles. The first-order valence-electron chi connectivity index (χ1n) is 6.48. The van der Waals surface area contributed by atoms with Gasteiger partial charge in [0, 0.05) is 18.9 Å². The second-order valence-corrected chi connectivity index (χ2v) is 4.43. The maximum atomic E-state index is 11.4. The van der Waals surface area contributed by atoms with Crippen molar-refractivity contribution in [3.05, 3.63) is 0 Å². The van der Waals surface area contributed by atoms with Crippen LogP contribution in [0.4, 0.5) is 0 Å². The lowest BCUT2D eigenvalue weighted by atomic mass is 10.0. The second-order valence-electron chi connectivity index (χ2n) is 4.43. The van der Waals surface area contributed by atoms with E-state index in [4.69, 9.17) is 5.73 Å². The fourth-order valence-electron chi connectivity index (χ4n) is 1.64. The number of rotatable bonds is 10. The maximum Gasteiger partial charge on any atom is 0.134 e. The number of nitrogens with two attached hydrogens (primary N) is 1. The molecule has 0 aliphatic rings. The third kappa shape index (κ3) is 9.92. The van der Waals surface area contributed by atoms with Crippen molar-refractivity contribution in [3.8, 4) is 0 Å². The van der Waals surface area contributed by atoms with E-state index in [1.54, 1.807) is 0 Å². The van der Waals surface area contributed by atoms with Crippen molar-refractivity contribution < 1.29 is 4.79 Å². The van der Waals surface area contributed by atoms with E-state index in [0.29, 0.717) is 12.2 Å². The van der Waals surface area contributed by atoms with Gasteiger partial charge in [-0.15, -0.1) is 0 Å². The van der Waals surface area contributed by atoms with Gasteiger partial charge in [-0.05, 0) is 12.8 Å². The Balaban J connectivity index is 3.24. The highest BCUT2D eigenvalue weighted by molar-refractivity contribution is 5.78. The molecule has 0 amide bonds. The molecule has 2 N–H and O–H groups in total. The molecule has 0 aromatic rings. The third-order valence-corrected chi connectivity index (χ3v) is 2.82. The van der Waals surface area contributed by atoms with Crippen LogP contribution < -0.4 is 5.73 Å². The summed E-state index contributed by atoms with van der Waals surface area (Å²) in [5.74, 6) is 0.347. The molecular weight excluding hydrogens is 186 g/mol. The Hall–Kier alpha value is -0.370. The molecule has 0 heterocycles. The van der Waals surface area contributed by atoms with Gasteiger partial charge in [0.1, 0.15) is 5.78 Å². The molecule has 0 aliphatic heterocycles. The molecule has 1 unspecified atom stereocenters. The minimum Gasteiger partial charge on any atom is -0.327 e. The SMILES string of the molecule is CCCCCCCCC(=O)CC(N)CC.